The van der Waals surface area contributed by atoms with E-state index >= 15 is 0 Å². The Bertz CT molecular complexity index is 509. The summed E-state index contributed by atoms with van der Waals surface area (Å²) in [6.45, 7) is 1.66. The second kappa shape index (κ2) is 5.62. The molecule has 2 N–H and O–H groups in total. The molecule has 0 unspecified atom stereocenters. The summed E-state index contributed by atoms with van der Waals surface area (Å²) >= 11 is 0. The molecule has 0 spiro atoms. The van der Waals surface area contributed by atoms with E-state index in [1.54, 1.807) is 37.4 Å². The van der Waals surface area contributed by atoms with Crippen LogP contribution >= 0.6 is 0 Å². The van der Waals surface area contributed by atoms with E-state index in [2.05, 4.69) is 4.98 Å². The van der Waals surface area contributed by atoms with Gasteiger partial charge >= 0.3 is 0 Å². The van der Waals surface area contributed by atoms with Crippen LogP contribution < -0.4 is 4.74 Å². The third-order valence-electron chi connectivity index (χ3n) is 2.55. The number of ether oxygens (including phenoxy) is 1. The highest BCUT2D eigenvalue weighted by Crippen LogP contribution is 2.21. The Morgan fingerprint density at radius 1 is 1.28 bits per heavy atom. The fourth-order valence-corrected chi connectivity index (χ4v) is 1.53. The van der Waals surface area contributed by atoms with E-state index in [0.717, 1.165) is 11.1 Å². The zero-order valence-electron chi connectivity index (χ0n) is 10.1. The van der Waals surface area contributed by atoms with Crippen molar-refractivity contribution in [2.45, 2.75) is 19.6 Å². The summed E-state index contributed by atoms with van der Waals surface area (Å²) in [6.07, 6.45) is 1.04. The van der Waals surface area contributed by atoms with Crippen molar-refractivity contribution in [3.8, 4) is 11.6 Å². The van der Waals surface area contributed by atoms with E-state index in [9.17, 15) is 5.11 Å². The Morgan fingerprint density at radius 2 is 2.11 bits per heavy atom. The van der Waals surface area contributed by atoms with Gasteiger partial charge in [0.25, 0.3) is 0 Å². The van der Waals surface area contributed by atoms with Crippen LogP contribution in [0.25, 0.3) is 0 Å². The van der Waals surface area contributed by atoms with Gasteiger partial charge in [-0.3, -0.25) is 0 Å². The molecule has 18 heavy (non-hydrogen) atoms. The van der Waals surface area contributed by atoms with Gasteiger partial charge in [0, 0.05) is 12.3 Å². The molecule has 4 nitrogen and oxygen atoms in total. The molecule has 1 heterocycles. The van der Waals surface area contributed by atoms with E-state index in [1.165, 1.54) is 0 Å². The first-order chi connectivity index (χ1) is 8.69. The molecule has 1 atom stereocenters. The zero-order valence-corrected chi connectivity index (χ0v) is 10.1. The van der Waals surface area contributed by atoms with Crippen molar-refractivity contribution in [3.63, 3.8) is 0 Å². The molecule has 4 heteroatoms. The van der Waals surface area contributed by atoms with Crippen molar-refractivity contribution in [1.82, 2.24) is 4.98 Å². The topological polar surface area (TPSA) is 62.6 Å². The lowest BCUT2D eigenvalue weighted by Crippen LogP contribution is -1.94. The number of aliphatic hydroxyl groups is 2. The largest absolute Gasteiger partial charge is 0.439 e. The van der Waals surface area contributed by atoms with Gasteiger partial charge in [-0.15, -0.1) is 0 Å². The molecule has 0 saturated carbocycles. The van der Waals surface area contributed by atoms with Crippen LogP contribution in [0.2, 0.25) is 0 Å². The van der Waals surface area contributed by atoms with Crippen LogP contribution in [-0.2, 0) is 6.61 Å². The molecule has 0 amide bonds. The maximum Gasteiger partial charge on any atom is 0.219 e. The molecule has 2 rings (SSSR count). The number of aromatic nitrogens is 1. The lowest BCUT2D eigenvalue weighted by atomic mass is 10.2. The second-order valence-corrected chi connectivity index (χ2v) is 4.01. The Hall–Kier alpha value is -1.91. The standard InChI is InChI=1S/C14H15NO3/c1-10(17)12-5-6-14(15-8-12)18-13-4-2-3-11(7-13)9-16/h2-8,10,16-17H,9H2,1H3/t10-/m0/s1. The molecule has 0 radical (unpaired) electrons. The van der Waals surface area contributed by atoms with Crippen LogP contribution in [0.15, 0.2) is 42.6 Å². The van der Waals surface area contributed by atoms with Gasteiger partial charge in [-0.2, -0.15) is 0 Å². The first-order valence-electron chi connectivity index (χ1n) is 5.70. The van der Waals surface area contributed by atoms with Crippen LogP contribution in [0.3, 0.4) is 0 Å². The second-order valence-electron chi connectivity index (χ2n) is 4.01. The van der Waals surface area contributed by atoms with Gasteiger partial charge in [-0.1, -0.05) is 12.1 Å². The minimum atomic E-state index is -0.538. The summed E-state index contributed by atoms with van der Waals surface area (Å²) in [5.74, 6) is 1.08. The summed E-state index contributed by atoms with van der Waals surface area (Å²) in [4.78, 5) is 4.11. The number of pyridine rings is 1. The molecule has 0 aliphatic carbocycles. The van der Waals surface area contributed by atoms with Crippen LogP contribution in [-0.4, -0.2) is 15.2 Å². The molecule has 1 aromatic heterocycles. The average molecular weight is 245 g/mol. The van der Waals surface area contributed by atoms with Crippen LogP contribution in [0.5, 0.6) is 11.6 Å². The molecule has 94 valence electrons. The highest BCUT2D eigenvalue weighted by Gasteiger charge is 2.03. The SMILES string of the molecule is C[C@H](O)c1ccc(Oc2cccc(CO)c2)nc1. The third-order valence-corrected chi connectivity index (χ3v) is 2.55. The van der Waals surface area contributed by atoms with Crippen molar-refractivity contribution in [1.29, 1.82) is 0 Å². The van der Waals surface area contributed by atoms with Crippen molar-refractivity contribution < 1.29 is 14.9 Å². The summed E-state index contributed by atoms with van der Waals surface area (Å²) < 4.78 is 5.55. The van der Waals surface area contributed by atoms with Crippen LogP contribution in [0, 0.1) is 0 Å². The minimum Gasteiger partial charge on any atom is -0.439 e. The number of aliphatic hydroxyl groups excluding tert-OH is 2. The molecule has 0 saturated heterocycles. The fourth-order valence-electron chi connectivity index (χ4n) is 1.53. The van der Waals surface area contributed by atoms with E-state index in [1.807, 2.05) is 12.1 Å². The molecule has 0 aliphatic rings. The van der Waals surface area contributed by atoms with Gasteiger partial charge in [0.1, 0.15) is 5.75 Å². The highest BCUT2D eigenvalue weighted by molar-refractivity contribution is 5.31. The Balaban J connectivity index is 2.13. The number of benzene rings is 1. The van der Waals surface area contributed by atoms with Gasteiger partial charge in [-0.05, 0) is 36.2 Å². The monoisotopic (exact) mass is 245 g/mol. The van der Waals surface area contributed by atoms with Crippen molar-refractivity contribution in [2.24, 2.45) is 0 Å². The first kappa shape index (κ1) is 12.5. The minimum absolute atomic E-state index is 0.0222. The smallest absolute Gasteiger partial charge is 0.219 e. The number of rotatable bonds is 4. The van der Waals surface area contributed by atoms with Crippen molar-refractivity contribution in [3.05, 3.63) is 53.7 Å². The summed E-state index contributed by atoms with van der Waals surface area (Å²) in [6, 6.07) is 10.6. The van der Waals surface area contributed by atoms with Gasteiger partial charge in [0.2, 0.25) is 5.88 Å². The van der Waals surface area contributed by atoms with Crippen LogP contribution in [0.4, 0.5) is 0 Å². The molecule has 0 aliphatic heterocycles. The Labute approximate surface area is 106 Å². The van der Waals surface area contributed by atoms with Gasteiger partial charge in [0.15, 0.2) is 0 Å². The third kappa shape index (κ3) is 3.06. The van der Waals surface area contributed by atoms with Gasteiger partial charge < -0.3 is 14.9 Å². The van der Waals surface area contributed by atoms with Crippen molar-refractivity contribution >= 4 is 0 Å². The summed E-state index contributed by atoms with van der Waals surface area (Å²) in [5, 5.41) is 18.4. The maximum absolute atomic E-state index is 9.36. The van der Waals surface area contributed by atoms with Crippen molar-refractivity contribution in [2.75, 3.05) is 0 Å². The van der Waals surface area contributed by atoms with Gasteiger partial charge in [0.05, 0.1) is 12.7 Å². The van der Waals surface area contributed by atoms with E-state index < -0.39 is 6.10 Å². The van der Waals surface area contributed by atoms with Gasteiger partial charge in [-0.25, -0.2) is 4.98 Å². The molecule has 0 fully saturated rings. The quantitative estimate of drug-likeness (QED) is 0.868. The lowest BCUT2D eigenvalue weighted by molar-refractivity contribution is 0.198. The molecule has 1 aromatic carbocycles. The molecule has 0 bridgehead atoms. The summed E-state index contributed by atoms with van der Waals surface area (Å²) in [5.41, 5.74) is 1.53. The Kier molecular flexibility index (Phi) is 3.92. The average Bonchev–Trinajstić information content (AvgIpc) is 2.39. The first-order valence-corrected chi connectivity index (χ1v) is 5.70. The van der Waals surface area contributed by atoms with Crippen LogP contribution in [0.1, 0.15) is 24.2 Å². The number of hydrogen-bond donors (Lipinski definition) is 2. The Morgan fingerprint density at radius 3 is 2.72 bits per heavy atom. The molecular formula is C14H15NO3. The lowest BCUT2D eigenvalue weighted by Gasteiger charge is -2.07. The molecular weight excluding hydrogens is 230 g/mol. The van der Waals surface area contributed by atoms with E-state index in [0.29, 0.717) is 11.6 Å². The normalized spacial score (nSPS) is 12.2. The van der Waals surface area contributed by atoms with E-state index in [-0.39, 0.29) is 6.61 Å². The molecule has 2 aromatic rings. The highest BCUT2D eigenvalue weighted by atomic mass is 16.5. The zero-order chi connectivity index (χ0) is 13.0. The number of hydrogen-bond acceptors (Lipinski definition) is 4. The maximum atomic E-state index is 9.36. The number of nitrogens with zero attached hydrogens (tertiary/aromatic N) is 1. The fraction of sp³-hybridized carbons (Fsp3) is 0.214. The van der Waals surface area contributed by atoms with E-state index in [4.69, 9.17) is 9.84 Å². The predicted molar refractivity (Wildman–Crippen MR) is 67.3 cm³/mol. The predicted octanol–water partition coefficient (Wildman–Crippen LogP) is 2.42. The summed E-state index contributed by atoms with van der Waals surface area (Å²) in [7, 11) is 0.